The topological polar surface area (TPSA) is 49.8 Å². The van der Waals surface area contributed by atoms with E-state index in [4.69, 9.17) is 0 Å². The maximum Gasteiger partial charge on any atom is 0.229 e. The summed E-state index contributed by atoms with van der Waals surface area (Å²) in [6, 6.07) is 8.49. The van der Waals surface area contributed by atoms with Crippen LogP contribution in [0.3, 0.4) is 0 Å². The summed E-state index contributed by atoms with van der Waals surface area (Å²) in [4.78, 5) is 8.97. The Kier molecular flexibility index (Phi) is 5.17. The van der Waals surface area contributed by atoms with Gasteiger partial charge in [0.25, 0.3) is 0 Å². The minimum Gasteiger partial charge on any atom is -0.367 e. The first-order chi connectivity index (χ1) is 9.97. The number of nitrogens with one attached hydrogen (secondary N) is 2. The van der Waals surface area contributed by atoms with E-state index in [2.05, 4.69) is 69.4 Å². The summed E-state index contributed by atoms with van der Waals surface area (Å²) in [5.74, 6) is 1.45. The summed E-state index contributed by atoms with van der Waals surface area (Å²) < 4.78 is 1.00. The Bertz CT molecular complexity index is 628. The number of aromatic nitrogens is 2. The van der Waals surface area contributed by atoms with Crippen LogP contribution in [0.1, 0.15) is 31.5 Å². The summed E-state index contributed by atoms with van der Waals surface area (Å²) in [6.07, 6.45) is 1.05. The number of hydrogen-bond donors (Lipinski definition) is 2. The number of rotatable bonds is 5. The van der Waals surface area contributed by atoms with Crippen LogP contribution in [0.15, 0.2) is 28.7 Å². The van der Waals surface area contributed by atoms with Crippen LogP contribution >= 0.6 is 15.9 Å². The fourth-order valence-corrected chi connectivity index (χ4v) is 2.49. The number of nitrogens with zero attached hydrogens (tertiary/aromatic N) is 2. The molecule has 1 heterocycles. The van der Waals surface area contributed by atoms with Crippen molar-refractivity contribution in [3.8, 4) is 0 Å². The highest BCUT2D eigenvalue weighted by Crippen LogP contribution is 2.26. The van der Waals surface area contributed by atoms with Crippen molar-refractivity contribution >= 4 is 33.4 Å². The van der Waals surface area contributed by atoms with Crippen LogP contribution in [-0.4, -0.2) is 16.0 Å². The summed E-state index contributed by atoms with van der Waals surface area (Å²) in [6.45, 7) is 8.32. The van der Waals surface area contributed by atoms with E-state index in [0.717, 1.165) is 28.1 Å². The van der Waals surface area contributed by atoms with Gasteiger partial charge in [-0.3, -0.25) is 0 Å². The van der Waals surface area contributed by atoms with Crippen molar-refractivity contribution in [2.24, 2.45) is 0 Å². The van der Waals surface area contributed by atoms with E-state index >= 15 is 0 Å². The van der Waals surface area contributed by atoms with Gasteiger partial charge in [0.1, 0.15) is 5.82 Å². The quantitative estimate of drug-likeness (QED) is 0.813. The van der Waals surface area contributed by atoms with Gasteiger partial charge in [-0.1, -0.05) is 13.0 Å². The lowest BCUT2D eigenvalue weighted by molar-refractivity contribution is 0.758. The van der Waals surface area contributed by atoms with Gasteiger partial charge in [-0.2, -0.15) is 4.98 Å². The lowest BCUT2D eigenvalue weighted by atomic mass is 10.2. The van der Waals surface area contributed by atoms with Crippen LogP contribution in [0, 0.1) is 13.8 Å². The zero-order valence-electron chi connectivity index (χ0n) is 12.9. The Morgan fingerprint density at radius 2 is 1.95 bits per heavy atom. The molecule has 2 aromatic rings. The molecule has 1 aromatic carbocycles. The molecule has 5 heteroatoms. The predicted molar refractivity (Wildman–Crippen MR) is 92.3 cm³/mol. The molecular weight excluding hydrogens is 328 g/mol. The van der Waals surface area contributed by atoms with E-state index in [1.54, 1.807) is 0 Å². The molecule has 0 spiro atoms. The minimum absolute atomic E-state index is 0.387. The first-order valence-electron chi connectivity index (χ1n) is 7.13. The number of anilines is 3. The Morgan fingerprint density at radius 1 is 1.19 bits per heavy atom. The summed E-state index contributed by atoms with van der Waals surface area (Å²) in [5.41, 5.74) is 3.10. The molecule has 1 atom stereocenters. The van der Waals surface area contributed by atoms with Crippen LogP contribution in [0.2, 0.25) is 0 Å². The minimum atomic E-state index is 0.387. The highest BCUT2D eigenvalue weighted by Gasteiger charge is 2.07. The molecule has 2 N–H and O–H groups in total. The lowest BCUT2D eigenvalue weighted by Gasteiger charge is -2.14. The maximum absolute atomic E-state index is 4.53. The lowest BCUT2D eigenvalue weighted by Crippen LogP contribution is -2.15. The van der Waals surface area contributed by atoms with Crippen molar-refractivity contribution in [3.05, 3.63) is 40.0 Å². The Labute approximate surface area is 134 Å². The second-order valence-electron chi connectivity index (χ2n) is 5.28. The van der Waals surface area contributed by atoms with Crippen LogP contribution in [0.4, 0.5) is 17.5 Å². The maximum atomic E-state index is 4.53. The van der Waals surface area contributed by atoms with Crippen molar-refractivity contribution in [1.82, 2.24) is 9.97 Å². The Morgan fingerprint density at radius 3 is 2.62 bits per heavy atom. The van der Waals surface area contributed by atoms with Gasteiger partial charge in [0, 0.05) is 22.3 Å². The first-order valence-corrected chi connectivity index (χ1v) is 7.92. The van der Waals surface area contributed by atoms with Crippen molar-refractivity contribution in [1.29, 1.82) is 0 Å². The fraction of sp³-hybridized carbons (Fsp3) is 0.375. The monoisotopic (exact) mass is 348 g/mol. The van der Waals surface area contributed by atoms with Crippen molar-refractivity contribution < 1.29 is 0 Å². The van der Waals surface area contributed by atoms with Crippen molar-refractivity contribution in [2.45, 2.75) is 40.2 Å². The molecule has 4 nitrogen and oxygen atoms in total. The summed E-state index contributed by atoms with van der Waals surface area (Å²) >= 11 is 3.56. The fourth-order valence-electron chi connectivity index (χ4n) is 1.89. The molecule has 21 heavy (non-hydrogen) atoms. The molecule has 112 valence electrons. The van der Waals surface area contributed by atoms with E-state index in [-0.39, 0.29) is 0 Å². The molecule has 1 unspecified atom stereocenters. The van der Waals surface area contributed by atoms with Crippen LogP contribution in [-0.2, 0) is 0 Å². The van der Waals surface area contributed by atoms with Gasteiger partial charge in [-0.05, 0) is 60.8 Å². The number of halogens is 1. The van der Waals surface area contributed by atoms with Crippen LogP contribution < -0.4 is 10.6 Å². The second-order valence-corrected chi connectivity index (χ2v) is 6.13. The normalized spacial score (nSPS) is 12.0. The average molecular weight is 349 g/mol. The standard InChI is InChI=1S/C16H21BrN4/c1-5-11(3)18-15-9-12(4)19-16(21-15)20-14-7-6-10(2)8-13(14)17/h6-9,11H,5H2,1-4H3,(H2,18,19,20,21). The number of hydrogen-bond acceptors (Lipinski definition) is 4. The third kappa shape index (κ3) is 4.43. The van der Waals surface area contributed by atoms with Gasteiger partial charge in [-0.15, -0.1) is 0 Å². The van der Waals surface area contributed by atoms with Gasteiger partial charge in [0.2, 0.25) is 5.95 Å². The van der Waals surface area contributed by atoms with E-state index in [1.807, 2.05) is 19.1 Å². The zero-order valence-corrected chi connectivity index (χ0v) is 14.5. The van der Waals surface area contributed by atoms with Gasteiger partial charge < -0.3 is 10.6 Å². The largest absolute Gasteiger partial charge is 0.367 e. The van der Waals surface area contributed by atoms with Crippen molar-refractivity contribution in [3.63, 3.8) is 0 Å². The SMILES string of the molecule is CCC(C)Nc1cc(C)nc(Nc2ccc(C)cc2Br)n1. The molecule has 0 saturated carbocycles. The number of aryl methyl sites for hydroxylation is 2. The zero-order chi connectivity index (χ0) is 15.4. The molecule has 0 amide bonds. The predicted octanol–water partition coefficient (Wildman–Crippen LogP) is 4.81. The molecule has 0 aliphatic heterocycles. The van der Waals surface area contributed by atoms with E-state index in [1.165, 1.54) is 5.56 Å². The third-order valence-corrected chi connectivity index (χ3v) is 3.89. The molecule has 0 aliphatic carbocycles. The molecule has 0 aliphatic rings. The molecule has 0 radical (unpaired) electrons. The summed E-state index contributed by atoms with van der Waals surface area (Å²) in [7, 11) is 0. The van der Waals surface area contributed by atoms with E-state index in [0.29, 0.717) is 12.0 Å². The Hall–Kier alpha value is -1.62. The third-order valence-electron chi connectivity index (χ3n) is 3.23. The van der Waals surface area contributed by atoms with Gasteiger partial charge in [0.05, 0.1) is 5.69 Å². The van der Waals surface area contributed by atoms with Gasteiger partial charge >= 0.3 is 0 Å². The number of benzene rings is 1. The molecule has 2 rings (SSSR count). The van der Waals surface area contributed by atoms with Crippen LogP contribution in [0.25, 0.3) is 0 Å². The van der Waals surface area contributed by atoms with E-state index < -0.39 is 0 Å². The molecule has 0 saturated heterocycles. The molecule has 0 fully saturated rings. The second kappa shape index (κ2) is 6.89. The van der Waals surface area contributed by atoms with Crippen molar-refractivity contribution in [2.75, 3.05) is 10.6 Å². The first kappa shape index (κ1) is 15.8. The summed E-state index contributed by atoms with van der Waals surface area (Å²) in [5, 5.41) is 6.64. The molecular formula is C16H21BrN4. The average Bonchev–Trinajstić information content (AvgIpc) is 2.41. The highest BCUT2D eigenvalue weighted by atomic mass is 79.9. The molecule has 1 aromatic heterocycles. The Balaban J connectivity index is 2.23. The van der Waals surface area contributed by atoms with Gasteiger partial charge in [-0.25, -0.2) is 4.98 Å². The van der Waals surface area contributed by atoms with Crippen LogP contribution in [0.5, 0.6) is 0 Å². The highest BCUT2D eigenvalue weighted by molar-refractivity contribution is 9.10. The van der Waals surface area contributed by atoms with E-state index in [9.17, 15) is 0 Å². The molecule has 0 bridgehead atoms. The smallest absolute Gasteiger partial charge is 0.229 e. The van der Waals surface area contributed by atoms with Gasteiger partial charge in [0.15, 0.2) is 0 Å².